The van der Waals surface area contributed by atoms with Gasteiger partial charge >= 0.3 is 5.97 Å². The number of carbonyl (C=O) groups is 1. The molecule has 0 aliphatic carbocycles. The van der Waals surface area contributed by atoms with Gasteiger partial charge < -0.3 is 9.47 Å². The predicted molar refractivity (Wildman–Crippen MR) is 65.0 cm³/mol. The summed E-state index contributed by atoms with van der Waals surface area (Å²) in [6.45, 7) is 2.51. The molecule has 0 radical (unpaired) electrons. The number of nitrogens with zero attached hydrogens (tertiary/aromatic N) is 1. The molecule has 0 N–H and O–H groups in total. The highest BCUT2D eigenvalue weighted by atomic mass is 16.7. The molecule has 0 bridgehead atoms. The second-order valence-corrected chi connectivity index (χ2v) is 3.94. The molecule has 5 nitrogen and oxygen atoms in total. The second-order valence-electron chi connectivity index (χ2n) is 3.94. The Morgan fingerprint density at radius 2 is 1.94 bits per heavy atom. The second kappa shape index (κ2) is 6.98. The van der Waals surface area contributed by atoms with E-state index in [1.54, 1.807) is 12.1 Å². The molecule has 0 aromatic heterocycles. The topological polar surface area (TPSA) is 48.0 Å². The smallest absolute Gasteiger partial charge is 0.344 e. The standard InChI is InChI=1S/C13H17NO4/c15-13(11-17-12-5-2-1-3-6-12)16-9-10-18-14-7-4-8-14/h1-3,5-6H,4,7-11H2. The minimum atomic E-state index is -0.383. The monoisotopic (exact) mass is 251 g/mol. The molecule has 0 amide bonds. The summed E-state index contributed by atoms with van der Waals surface area (Å²) < 4.78 is 10.2. The highest BCUT2D eigenvalue weighted by Gasteiger charge is 2.14. The Morgan fingerprint density at radius 3 is 2.61 bits per heavy atom. The van der Waals surface area contributed by atoms with Gasteiger partial charge in [-0.1, -0.05) is 18.2 Å². The molecule has 1 aromatic rings. The molecule has 18 heavy (non-hydrogen) atoms. The number of hydrogen-bond acceptors (Lipinski definition) is 5. The highest BCUT2D eigenvalue weighted by Crippen LogP contribution is 2.08. The van der Waals surface area contributed by atoms with Crippen molar-refractivity contribution in [2.75, 3.05) is 32.9 Å². The lowest BCUT2D eigenvalue weighted by atomic mass is 10.3. The summed E-state index contributed by atoms with van der Waals surface area (Å²) in [6.07, 6.45) is 1.17. The molecule has 0 saturated carbocycles. The Morgan fingerprint density at radius 1 is 1.17 bits per heavy atom. The van der Waals surface area contributed by atoms with Crippen LogP contribution in [0.2, 0.25) is 0 Å². The van der Waals surface area contributed by atoms with Crippen molar-refractivity contribution < 1.29 is 19.1 Å². The molecule has 2 rings (SSSR count). The molecule has 0 unspecified atom stereocenters. The molecule has 5 heteroatoms. The maximum Gasteiger partial charge on any atom is 0.344 e. The number of esters is 1. The molecular formula is C13H17NO4. The van der Waals surface area contributed by atoms with Gasteiger partial charge in [0.15, 0.2) is 6.61 Å². The van der Waals surface area contributed by atoms with E-state index < -0.39 is 0 Å². The fourth-order valence-electron chi connectivity index (χ4n) is 1.44. The van der Waals surface area contributed by atoms with E-state index in [9.17, 15) is 4.79 Å². The Bertz CT molecular complexity index is 365. The first-order valence-corrected chi connectivity index (χ1v) is 6.06. The summed E-state index contributed by atoms with van der Waals surface area (Å²) in [6, 6.07) is 9.17. The van der Waals surface area contributed by atoms with Gasteiger partial charge in [0.25, 0.3) is 0 Å². The van der Waals surface area contributed by atoms with Crippen molar-refractivity contribution in [1.29, 1.82) is 0 Å². The van der Waals surface area contributed by atoms with Crippen LogP contribution in [0.3, 0.4) is 0 Å². The van der Waals surface area contributed by atoms with Gasteiger partial charge in [-0.3, -0.25) is 4.84 Å². The lowest BCUT2D eigenvalue weighted by Gasteiger charge is -2.29. The molecule has 0 spiro atoms. The third kappa shape index (κ3) is 4.35. The number of benzene rings is 1. The van der Waals surface area contributed by atoms with Crippen LogP contribution in [0.25, 0.3) is 0 Å². The highest BCUT2D eigenvalue weighted by molar-refractivity contribution is 5.71. The van der Waals surface area contributed by atoms with Crippen LogP contribution in [0.15, 0.2) is 30.3 Å². The first-order chi connectivity index (χ1) is 8.84. The van der Waals surface area contributed by atoms with E-state index in [4.69, 9.17) is 14.3 Å². The third-order valence-corrected chi connectivity index (χ3v) is 2.54. The van der Waals surface area contributed by atoms with Crippen molar-refractivity contribution >= 4 is 5.97 Å². The van der Waals surface area contributed by atoms with E-state index in [2.05, 4.69) is 0 Å². The van der Waals surface area contributed by atoms with Crippen LogP contribution in [0.1, 0.15) is 6.42 Å². The number of rotatable bonds is 7. The van der Waals surface area contributed by atoms with Crippen molar-refractivity contribution in [3.05, 3.63) is 30.3 Å². The average molecular weight is 251 g/mol. The summed E-state index contributed by atoms with van der Waals surface area (Å²) in [4.78, 5) is 16.6. The Balaban J connectivity index is 1.52. The van der Waals surface area contributed by atoms with Gasteiger partial charge in [0, 0.05) is 13.1 Å². The van der Waals surface area contributed by atoms with E-state index in [1.807, 2.05) is 23.3 Å². The Kier molecular flexibility index (Phi) is 4.99. The summed E-state index contributed by atoms with van der Waals surface area (Å²) in [7, 11) is 0. The lowest BCUT2D eigenvalue weighted by Crippen LogP contribution is -2.38. The van der Waals surface area contributed by atoms with Gasteiger partial charge in [-0.25, -0.2) is 4.79 Å². The fourth-order valence-corrected chi connectivity index (χ4v) is 1.44. The maximum absolute atomic E-state index is 11.3. The minimum Gasteiger partial charge on any atom is -0.482 e. The summed E-state index contributed by atoms with van der Waals surface area (Å²) in [5.41, 5.74) is 0. The largest absolute Gasteiger partial charge is 0.482 e. The van der Waals surface area contributed by atoms with Crippen LogP contribution in [-0.4, -0.2) is 43.9 Å². The quantitative estimate of drug-likeness (QED) is 0.539. The van der Waals surface area contributed by atoms with Crippen molar-refractivity contribution in [1.82, 2.24) is 5.06 Å². The fraction of sp³-hybridized carbons (Fsp3) is 0.462. The number of hydroxylamine groups is 2. The number of para-hydroxylation sites is 1. The number of ether oxygens (including phenoxy) is 2. The minimum absolute atomic E-state index is 0.0757. The molecule has 0 atom stereocenters. The zero-order valence-corrected chi connectivity index (χ0v) is 10.2. The third-order valence-electron chi connectivity index (χ3n) is 2.54. The van der Waals surface area contributed by atoms with Crippen LogP contribution >= 0.6 is 0 Å². The van der Waals surface area contributed by atoms with Crippen LogP contribution in [0, 0.1) is 0 Å². The Labute approximate surface area is 106 Å². The van der Waals surface area contributed by atoms with Crippen molar-refractivity contribution in [2.45, 2.75) is 6.42 Å². The zero-order valence-electron chi connectivity index (χ0n) is 10.2. The molecule has 1 fully saturated rings. The van der Waals surface area contributed by atoms with E-state index >= 15 is 0 Å². The van der Waals surface area contributed by atoms with E-state index in [0.717, 1.165) is 13.1 Å². The average Bonchev–Trinajstić information content (AvgIpc) is 2.35. The van der Waals surface area contributed by atoms with Crippen LogP contribution in [-0.2, 0) is 14.4 Å². The molecular weight excluding hydrogens is 234 g/mol. The van der Waals surface area contributed by atoms with Crippen molar-refractivity contribution in [3.63, 3.8) is 0 Å². The van der Waals surface area contributed by atoms with Crippen molar-refractivity contribution in [2.24, 2.45) is 0 Å². The van der Waals surface area contributed by atoms with Gasteiger partial charge in [0.2, 0.25) is 0 Å². The van der Waals surface area contributed by atoms with Crippen LogP contribution in [0.4, 0.5) is 0 Å². The van der Waals surface area contributed by atoms with Gasteiger partial charge in [-0.15, -0.1) is 0 Å². The number of carbonyl (C=O) groups excluding carboxylic acids is 1. The molecule has 1 heterocycles. The first-order valence-electron chi connectivity index (χ1n) is 6.06. The Hall–Kier alpha value is -1.59. The molecule has 1 aliphatic rings. The summed E-state index contributed by atoms with van der Waals surface area (Å²) in [5, 5.41) is 1.86. The molecule has 98 valence electrons. The number of hydrogen-bond donors (Lipinski definition) is 0. The van der Waals surface area contributed by atoms with Gasteiger partial charge in [-0.05, 0) is 18.6 Å². The van der Waals surface area contributed by atoms with Crippen LogP contribution in [0.5, 0.6) is 5.75 Å². The van der Waals surface area contributed by atoms with E-state index in [-0.39, 0.29) is 19.2 Å². The molecule has 1 aliphatic heterocycles. The van der Waals surface area contributed by atoms with Crippen LogP contribution < -0.4 is 4.74 Å². The lowest BCUT2D eigenvalue weighted by molar-refractivity contribution is -0.205. The zero-order chi connectivity index (χ0) is 12.6. The summed E-state index contributed by atoms with van der Waals surface area (Å²) >= 11 is 0. The first kappa shape index (κ1) is 12.9. The van der Waals surface area contributed by atoms with Gasteiger partial charge in [0.1, 0.15) is 19.0 Å². The predicted octanol–water partition coefficient (Wildman–Crippen LogP) is 1.25. The van der Waals surface area contributed by atoms with Crippen molar-refractivity contribution in [3.8, 4) is 5.75 Å². The maximum atomic E-state index is 11.3. The normalized spacial score (nSPS) is 14.9. The van der Waals surface area contributed by atoms with E-state index in [1.165, 1.54) is 6.42 Å². The van der Waals surface area contributed by atoms with Gasteiger partial charge in [-0.2, -0.15) is 5.06 Å². The summed E-state index contributed by atoms with van der Waals surface area (Å²) in [5.74, 6) is 0.275. The van der Waals surface area contributed by atoms with E-state index in [0.29, 0.717) is 12.4 Å². The molecule has 1 saturated heterocycles. The van der Waals surface area contributed by atoms with Gasteiger partial charge in [0.05, 0.1) is 0 Å². The molecule has 1 aromatic carbocycles. The SMILES string of the molecule is O=C(COc1ccccc1)OCCON1CCC1.